The van der Waals surface area contributed by atoms with E-state index in [1.807, 2.05) is 98.8 Å². The third-order valence-electron chi connectivity index (χ3n) is 7.30. The van der Waals surface area contributed by atoms with Crippen LogP contribution in [-0.4, -0.2) is 26.1 Å². The molecule has 0 aliphatic carbocycles. The van der Waals surface area contributed by atoms with Gasteiger partial charge in [0, 0.05) is 22.7 Å². The van der Waals surface area contributed by atoms with Crippen molar-refractivity contribution in [2.75, 3.05) is 0 Å². The molecule has 2 N–H and O–H groups in total. The lowest BCUT2D eigenvalue weighted by Crippen LogP contribution is -2.29. The van der Waals surface area contributed by atoms with Crippen LogP contribution in [0.4, 0.5) is 0 Å². The Morgan fingerprint density at radius 2 is 1.70 bits per heavy atom. The second-order valence-electron chi connectivity index (χ2n) is 10.1. The molecule has 1 atom stereocenters. The van der Waals surface area contributed by atoms with Crippen molar-refractivity contribution in [3.8, 4) is 22.8 Å². The minimum atomic E-state index is -0.448. The molecule has 0 saturated heterocycles. The van der Waals surface area contributed by atoms with Crippen molar-refractivity contribution >= 4 is 17.5 Å². The maximum Gasteiger partial charge on any atom is 0.273 e. The fourth-order valence-electron chi connectivity index (χ4n) is 5.45. The molecular formula is C33H28ClN3O3. The number of carbonyl (C=O) groups excluding carboxylic acids is 1. The average molecular weight is 550 g/mol. The van der Waals surface area contributed by atoms with Gasteiger partial charge in [-0.15, -0.1) is 0 Å². The number of hydrogen-bond acceptors (Lipinski definition) is 4. The molecule has 200 valence electrons. The number of ether oxygens (including phenoxy) is 1. The molecule has 1 amide bonds. The van der Waals surface area contributed by atoms with Crippen LogP contribution < -0.4 is 4.74 Å². The van der Waals surface area contributed by atoms with Crippen molar-refractivity contribution in [2.24, 2.45) is 0 Å². The second-order valence-corrected chi connectivity index (χ2v) is 10.5. The smallest absolute Gasteiger partial charge is 0.273 e. The second kappa shape index (κ2) is 10.5. The molecule has 1 aliphatic heterocycles. The van der Waals surface area contributed by atoms with Gasteiger partial charge in [-0.2, -0.15) is 5.10 Å². The van der Waals surface area contributed by atoms with Crippen LogP contribution in [-0.2, 0) is 13.2 Å². The van der Waals surface area contributed by atoms with Crippen LogP contribution in [0.1, 0.15) is 49.9 Å². The molecule has 6 rings (SSSR count). The Labute approximate surface area is 237 Å². The number of halogens is 1. The molecule has 0 bridgehead atoms. The van der Waals surface area contributed by atoms with Gasteiger partial charge in [-0.3, -0.25) is 9.89 Å². The monoisotopic (exact) mass is 549 g/mol. The average Bonchev–Trinajstić information content (AvgIpc) is 3.48. The van der Waals surface area contributed by atoms with Crippen molar-refractivity contribution < 1.29 is 14.6 Å². The summed E-state index contributed by atoms with van der Waals surface area (Å²) >= 11 is 6.51. The summed E-state index contributed by atoms with van der Waals surface area (Å²) < 4.78 is 6.01. The molecule has 5 aromatic rings. The summed E-state index contributed by atoms with van der Waals surface area (Å²) in [6, 6.07) is 28.6. The maximum absolute atomic E-state index is 13.8. The highest BCUT2D eigenvalue weighted by atomic mass is 35.5. The number of aryl methyl sites for hydroxylation is 2. The minimum absolute atomic E-state index is 0.132. The number of fused-ring (bicyclic) bond motifs is 1. The molecule has 0 radical (unpaired) electrons. The molecule has 7 heteroatoms. The first-order valence-electron chi connectivity index (χ1n) is 13.1. The fourth-order valence-corrected chi connectivity index (χ4v) is 5.64. The normalized spacial score (nSPS) is 14.4. The molecular weight excluding hydrogens is 522 g/mol. The van der Waals surface area contributed by atoms with Gasteiger partial charge in [-0.25, -0.2) is 0 Å². The largest absolute Gasteiger partial charge is 0.507 e. The lowest BCUT2D eigenvalue weighted by Gasteiger charge is -2.27. The summed E-state index contributed by atoms with van der Waals surface area (Å²) in [7, 11) is 0. The van der Waals surface area contributed by atoms with Gasteiger partial charge < -0.3 is 14.7 Å². The van der Waals surface area contributed by atoms with E-state index in [9.17, 15) is 9.90 Å². The Hall–Kier alpha value is -4.55. The highest BCUT2D eigenvalue weighted by Gasteiger charge is 2.43. The van der Waals surface area contributed by atoms with E-state index in [4.69, 9.17) is 16.3 Å². The number of nitrogens with zero attached hydrogens (tertiary/aromatic N) is 2. The van der Waals surface area contributed by atoms with E-state index in [1.165, 1.54) is 0 Å². The lowest BCUT2D eigenvalue weighted by molar-refractivity contribution is 0.0730. The predicted octanol–water partition coefficient (Wildman–Crippen LogP) is 7.38. The van der Waals surface area contributed by atoms with E-state index in [1.54, 1.807) is 11.0 Å². The van der Waals surface area contributed by atoms with Gasteiger partial charge in [0.15, 0.2) is 0 Å². The molecule has 2 heterocycles. The minimum Gasteiger partial charge on any atom is -0.507 e. The van der Waals surface area contributed by atoms with E-state index >= 15 is 0 Å². The third kappa shape index (κ3) is 4.71. The number of H-pyrrole nitrogens is 1. The van der Waals surface area contributed by atoms with Gasteiger partial charge >= 0.3 is 0 Å². The topological polar surface area (TPSA) is 78.5 Å². The zero-order valence-electron chi connectivity index (χ0n) is 22.2. The molecule has 40 heavy (non-hydrogen) atoms. The highest BCUT2D eigenvalue weighted by molar-refractivity contribution is 6.31. The summed E-state index contributed by atoms with van der Waals surface area (Å²) in [5.74, 6) is 0.689. The number of phenols is 1. The molecule has 4 aromatic carbocycles. The number of benzene rings is 4. The van der Waals surface area contributed by atoms with Crippen molar-refractivity contribution in [3.05, 3.63) is 135 Å². The number of amides is 1. The van der Waals surface area contributed by atoms with Crippen LogP contribution in [0, 0.1) is 13.8 Å². The summed E-state index contributed by atoms with van der Waals surface area (Å²) in [5.41, 5.74) is 6.99. The summed E-state index contributed by atoms with van der Waals surface area (Å²) in [6.07, 6.45) is 0. The van der Waals surface area contributed by atoms with Crippen LogP contribution in [0.3, 0.4) is 0 Å². The van der Waals surface area contributed by atoms with Crippen LogP contribution in [0.5, 0.6) is 11.5 Å². The van der Waals surface area contributed by atoms with Crippen molar-refractivity contribution in [2.45, 2.75) is 33.0 Å². The number of phenolic OH excluding ortho intramolecular Hbond substituents is 1. The number of aromatic hydroxyl groups is 1. The Kier molecular flexibility index (Phi) is 6.78. The van der Waals surface area contributed by atoms with Gasteiger partial charge in [0.25, 0.3) is 5.91 Å². The predicted molar refractivity (Wildman–Crippen MR) is 156 cm³/mol. The Morgan fingerprint density at radius 3 is 2.42 bits per heavy atom. The standard InChI is InChI=1S/C33H28ClN3O3/c1-20-16-21(2)28(27(38)17-20)30-29-31(36-35-30)33(39)37(18-24-10-6-7-11-26(24)34)32(29)23-12-14-25(15-13-23)40-19-22-8-4-3-5-9-22/h3-17,32,38H,18-19H2,1-2H3,(H,35,36). The van der Waals surface area contributed by atoms with E-state index in [2.05, 4.69) is 10.2 Å². The Bertz CT molecular complexity index is 1670. The molecule has 1 aromatic heterocycles. The molecule has 1 aliphatic rings. The van der Waals surface area contributed by atoms with E-state index in [0.29, 0.717) is 35.1 Å². The number of hydrogen-bond donors (Lipinski definition) is 2. The SMILES string of the molecule is Cc1cc(C)c(-c2n[nH]c3c2C(c2ccc(OCc4ccccc4)cc2)N(Cc2ccccc2Cl)C3=O)c(O)c1. The Balaban J connectivity index is 1.41. The quantitative estimate of drug-likeness (QED) is 0.222. The van der Waals surface area contributed by atoms with E-state index < -0.39 is 6.04 Å². The molecule has 0 spiro atoms. The number of aromatic amines is 1. The van der Waals surface area contributed by atoms with Gasteiger partial charge in [0.05, 0.1) is 6.04 Å². The molecule has 6 nitrogen and oxygen atoms in total. The molecule has 0 saturated carbocycles. The van der Waals surface area contributed by atoms with Gasteiger partial charge in [0.1, 0.15) is 29.5 Å². The van der Waals surface area contributed by atoms with Gasteiger partial charge in [0.2, 0.25) is 0 Å². The Morgan fingerprint density at radius 1 is 0.975 bits per heavy atom. The van der Waals surface area contributed by atoms with E-state index in [0.717, 1.165) is 39.1 Å². The van der Waals surface area contributed by atoms with Crippen LogP contribution in [0.15, 0.2) is 91.0 Å². The number of rotatable bonds is 7. The van der Waals surface area contributed by atoms with E-state index in [-0.39, 0.29) is 11.7 Å². The first kappa shape index (κ1) is 25.7. The van der Waals surface area contributed by atoms with Gasteiger partial charge in [-0.1, -0.05) is 78.3 Å². The maximum atomic E-state index is 13.8. The van der Waals surface area contributed by atoms with Crippen LogP contribution in [0.25, 0.3) is 11.3 Å². The highest BCUT2D eigenvalue weighted by Crippen LogP contribution is 2.46. The lowest BCUT2D eigenvalue weighted by atomic mass is 9.93. The zero-order chi connectivity index (χ0) is 27.8. The third-order valence-corrected chi connectivity index (χ3v) is 7.67. The number of aromatic nitrogens is 2. The van der Waals surface area contributed by atoms with Crippen molar-refractivity contribution in [1.29, 1.82) is 0 Å². The van der Waals surface area contributed by atoms with Crippen molar-refractivity contribution in [1.82, 2.24) is 15.1 Å². The number of carbonyl (C=O) groups is 1. The van der Waals surface area contributed by atoms with Crippen LogP contribution in [0.2, 0.25) is 5.02 Å². The van der Waals surface area contributed by atoms with Crippen LogP contribution >= 0.6 is 11.6 Å². The molecule has 1 unspecified atom stereocenters. The summed E-state index contributed by atoms with van der Waals surface area (Å²) in [6.45, 7) is 4.65. The summed E-state index contributed by atoms with van der Waals surface area (Å²) in [5, 5.41) is 19.1. The van der Waals surface area contributed by atoms with Gasteiger partial charge in [-0.05, 0) is 65.9 Å². The fraction of sp³-hybridized carbons (Fsp3) is 0.152. The summed E-state index contributed by atoms with van der Waals surface area (Å²) in [4.78, 5) is 15.6. The van der Waals surface area contributed by atoms with Crippen molar-refractivity contribution in [3.63, 3.8) is 0 Å². The first-order chi connectivity index (χ1) is 19.4. The molecule has 0 fully saturated rings. The zero-order valence-corrected chi connectivity index (χ0v) is 22.9. The number of nitrogens with one attached hydrogen (secondary N) is 1. The first-order valence-corrected chi connectivity index (χ1v) is 13.5.